The third-order valence-electron chi connectivity index (χ3n) is 15.3. The minimum Gasteiger partial charge on any atom is -0.497 e. The minimum absolute atomic E-state index is 0.0348. The van der Waals surface area contributed by atoms with Crippen LogP contribution in [0.1, 0.15) is 59.7 Å². The summed E-state index contributed by atoms with van der Waals surface area (Å²) in [4.78, 5) is 58.0. The molecule has 0 atom stereocenters. The van der Waals surface area contributed by atoms with Crippen molar-refractivity contribution >= 4 is 67.9 Å². The Balaban J connectivity index is 0.742. The molecule has 1 aromatic heterocycles. The number of aromatic nitrogens is 2. The number of sulfonamides is 1. The monoisotopic (exact) mass is 1160 g/mol. The number of likely N-dealkylation sites (tertiary alicyclic amines) is 1. The van der Waals surface area contributed by atoms with Crippen molar-refractivity contribution in [2.24, 2.45) is 5.92 Å². The van der Waals surface area contributed by atoms with E-state index in [0.717, 1.165) is 51.5 Å². The third kappa shape index (κ3) is 13.1. The lowest BCUT2D eigenvalue weighted by Crippen LogP contribution is -2.47. The zero-order valence-electron chi connectivity index (χ0n) is 48.5. The predicted molar refractivity (Wildman–Crippen MR) is 328 cm³/mol. The van der Waals surface area contributed by atoms with Gasteiger partial charge in [0.2, 0.25) is 21.9 Å². The van der Waals surface area contributed by atoms with Crippen molar-refractivity contribution in [1.29, 1.82) is 0 Å². The van der Waals surface area contributed by atoms with Crippen molar-refractivity contribution in [3.63, 3.8) is 0 Å². The number of fused-ring (bicyclic) bond motifs is 2. The molecule has 3 aliphatic heterocycles. The number of hydrogen-bond acceptors (Lipinski definition) is 15. The Morgan fingerprint density at radius 1 is 0.726 bits per heavy atom. The van der Waals surface area contributed by atoms with E-state index >= 15 is 0 Å². The standard InChI is InChI=1S/C64H71N9O10S/c1-8-81-59-39-47(22-25-54(59)67-64-65-41-56-60(68-64)73(84(7,77)78)55-16-10-9-15-52(55)63(76)70(56)4)71-32-27-43(28-33-71)62(75)72-34-29-48(30-35-72)83-50-23-24-51(58(40-50)82-36-12-31-69(2)3)42-17-20-46(21-18-42)66-61(74)45-19-26-57(80-6)53(38-45)44-13-11-14-49(37-44)79-5/h9-11,13-26,37-41,43,48H,8,12,27-36H2,1-7H3,(H,66,74)(H,65,67,68). The smallest absolute Gasteiger partial charge is 0.260 e. The Hall–Kier alpha value is -8.88. The van der Waals surface area contributed by atoms with Gasteiger partial charge >= 0.3 is 0 Å². The zero-order valence-corrected chi connectivity index (χ0v) is 49.3. The molecule has 7 aromatic rings. The van der Waals surface area contributed by atoms with Gasteiger partial charge in [-0.1, -0.05) is 36.4 Å². The van der Waals surface area contributed by atoms with Crippen molar-refractivity contribution in [2.45, 2.75) is 45.1 Å². The van der Waals surface area contributed by atoms with E-state index in [1.807, 2.05) is 117 Å². The van der Waals surface area contributed by atoms with E-state index in [1.54, 1.807) is 57.7 Å². The van der Waals surface area contributed by atoms with Crippen LogP contribution < -0.4 is 48.4 Å². The van der Waals surface area contributed by atoms with Crippen LogP contribution >= 0.6 is 0 Å². The molecule has 84 heavy (non-hydrogen) atoms. The number of anilines is 7. The molecular formula is C64H71N9O10S. The first-order chi connectivity index (χ1) is 40.6. The van der Waals surface area contributed by atoms with Crippen molar-refractivity contribution in [3.05, 3.63) is 145 Å². The highest BCUT2D eigenvalue weighted by molar-refractivity contribution is 7.92. The van der Waals surface area contributed by atoms with Gasteiger partial charge in [-0.15, -0.1) is 0 Å². The molecule has 6 aromatic carbocycles. The fourth-order valence-corrected chi connectivity index (χ4v) is 11.9. The van der Waals surface area contributed by atoms with E-state index < -0.39 is 10.0 Å². The molecule has 0 bridgehead atoms. The van der Waals surface area contributed by atoms with Crippen LogP contribution in [0.3, 0.4) is 0 Å². The number of benzene rings is 6. The van der Waals surface area contributed by atoms with Crippen LogP contribution in [0.2, 0.25) is 0 Å². The second kappa shape index (κ2) is 25.7. The predicted octanol–water partition coefficient (Wildman–Crippen LogP) is 10.5. The van der Waals surface area contributed by atoms with E-state index in [0.29, 0.717) is 111 Å². The van der Waals surface area contributed by atoms with Gasteiger partial charge in [-0.3, -0.25) is 14.4 Å². The lowest BCUT2D eigenvalue weighted by atomic mass is 9.93. The largest absolute Gasteiger partial charge is 0.497 e. The molecule has 2 fully saturated rings. The zero-order chi connectivity index (χ0) is 59.1. The van der Waals surface area contributed by atoms with E-state index in [-0.39, 0.29) is 58.4 Å². The summed E-state index contributed by atoms with van der Waals surface area (Å²) in [6, 6.07) is 39.0. The molecule has 438 valence electrons. The van der Waals surface area contributed by atoms with Crippen molar-refractivity contribution in [2.75, 3.05) is 112 Å². The Kier molecular flexibility index (Phi) is 17.9. The molecule has 0 radical (unpaired) electrons. The first kappa shape index (κ1) is 58.3. The quantitative estimate of drug-likeness (QED) is 0.0683. The summed E-state index contributed by atoms with van der Waals surface area (Å²) in [6.45, 7) is 6.26. The van der Waals surface area contributed by atoms with Crippen LogP contribution in [-0.2, 0) is 14.8 Å². The Bertz CT molecular complexity index is 3640. The van der Waals surface area contributed by atoms with Gasteiger partial charge in [0.25, 0.3) is 11.8 Å². The van der Waals surface area contributed by atoms with Crippen LogP contribution in [0.25, 0.3) is 22.3 Å². The molecule has 0 aliphatic carbocycles. The van der Waals surface area contributed by atoms with Crippen LogP contribution in [0, 0.1) is 5.92 Å². The second-order valence-electron chi connectivity index (χ2n) is 21.3. The molecule has 2 saturated heterocycles. The summed E-state index contributed by atoms with van der Waals surface area (Å²) in [5.74, 6) is 2.90. The number of amides is 3. The summed E-state index contributed by atoms with van der Waals surface area (Å²) < 4.78 is 57.9. The highest BCUT2D eigenvalue weighted by Crippen LogP contribution is 2.43. The van der Waals surface area contributed by atoms with E-state index in [4.69, 9.17) is 23.7 Å². The average molecular weight is 1160 g/mol. The molecule has 2 N–H and O–H groups in total. The molecule has 0 saturated carbocycles. The summed E-state index contributed by atoms with van der Waals surface area (Å²) in [5, 5.41) is 6.27. The normalized spacial score (nSPS) is 14.8. The molecule has 10 rings (SSSR count). The van der Waals surface area contributed by atoms with Gasteiger partial charge in [0.1, 0.15) is 40.5 Å². The van der Waals surface area contributed by atoms with E-state index in [2.05, 4.69) is 30.4 Å². The fourth-order valence-electron chi connectivity index (χ4n) is 10.9. The number of methoxy groups -OCH3 is 2. The van der Waals surface area contributed by atoms with Gasteiger partial charge in [0.05, 0.1) is 56.8 Å². The van der Waals surface area contributed by atoms with Gasteiger partial charge in [0, 0.05) is 98.7 Å². The van der Waals surface area contributed by atoms with Gasteiger partial charge in [0.15, 0.2) is 5.82 Å². The summed E-state index contributed by atoms with van der Waals surface area (Å²) in [6.07, 6.45) is 6.09. The maximum Gasteiger partial charge on any atom is 0.260 e. The molecule has 0 unspecified atom stereocenters. The Morgan fingerprint density at radius 2 is 1.50 bits per heavy atom. The summed E-state index contributed by atoms with van der Waals surface area (Å²) in [5.41, 5.74) is 6.76. The third-order valence-corrected chi connectivity index (χ3v) is 16.4. The number of para-hydroxylation sites is 1. The summed E-state index contributed by atoms with van der Waals surface area (Å²) in [7, 11) is 4.93. The number of nitrogens with zero attached hydrogens (tertiary/aromatic N) is 7. The molecule has 0 spiro atoms. The summed E-state index contributed by atoms with van der Waals surface area (Å²) >= 11 is 0. The van der Waals surface area contributed by atoms with E-state index in [1.165, 1.54) is 11.1 Å². The van der Waals surface area contributed by atoms with Gasteiger partial charge in [-0.25, -0.2) is 17.7 Å². The molecule has 19 nitrogen and oxygen atoms in total. The van der Waals surface area contributed by atoms with Crippen LogP contribution in [0.4, 0.5) is 40.2 Å². The number of rotatable bonds is 20. The first-order valence-electron chi connectivity index (χ1n) is 28.2. The van der Waals surface area contributed by atoms with Crippen molar-refractivity contribution < 1.29 is 46.5 Å². The fraction of sp³-hybridized carbons (Fsp3) is 0.328. The van der Waals surface area contributed by atoms with Gasteiger partial charge in [-0.05, 0) is 130 Å². The lowest BCUT2D eigenvalue weighted by Gasteiger charge is -2.38. The highest BCUT2D eigenvalue weighted by Gasteiger charge is 2.36. The lowest BCUT2D eigenvalue weighted by molar-refractivity contribution is -0.138. The highest BCUT2D eigenvalue weighted by atomic mass is 32.2. The topological polar surface area (TPSA) is 198 Å². The Morgan fingerprint density at radius 3 is 2.23 bits per heavy atom. The minimum atomic E-state index is -3.94. The number of hydrogen-bond donors (Lipinski definition) is 2. The molecular weight excluding hydrogens is 1090 g/mol. The molecule has 3 amide bonds. The number of ether oxygens (including phenoxy) is 5. The SMILES string of the molecule is CCOc1cc(N2CCC(C(=O)N3CCC(Oc4ccc(-c5ccc(NC(=O)c6ccc(OC)c(-c7cccc(OC)c7)c6)cc5)c(OCCCN(C)C)c4)CC3)CC2)ccc1Nc1ncc2c(n1)N(S(C)(=O)=O)c1ccccc1C(=O)N2C. The number of piperidine rings is 2. The van der Waals surface area contributed by atoms with Crippen LogP contribution in [0.15, 0.2) is 134 Å². The van der Waals surface area contributed by atoms with Crippen LogP contribution in [0.5, 0.6) is 28.7 Å². The first-order valence-corrected chi connectivity index (χ1v) is 30.1. The van der Waals surface area contributed by atoms with E-state index in [9.17, 15) is 22.8 Å². The van der Waals surface area contributed by atoms with Crippen molar-refractivity contribution in [3.8, 4) is 51.0 Å². The maximum atomic E-state index is 14.0. The van der Waals surface area contributed by atoms with Crippen molar-refractivity contribution in [1.82, 2.24) is 19.8 Å². The number of carbonyl (C=O) groups is 3. The number of carbonyl (C=O) groups excluding carboxylic acids is 3. The average Bonchev–Trinajstić information content (AvgIpc) is 3.84. The molecule has 4 heterocycles. The Labute approximate surface area is 491 Å². The maximum absolute atomic E-state index is 14.0. The van der Waals surface area contributed by atoms with Crippen LogP contribution in [-0.4, -0.2) is 140 Å². The second-order valence-corrected chi connectivity index (χ2v) is 23.1. The number of nitrogens with one attached hydrogen (secondary N) is 2. The molecule has 3 aliphatic rings. The molecule has 20 heteroatoms. The van der Waals surface area contributed by atoms with Gasteiger partial charge < -0.3 is 53.9 Å². The van der Waals surface area contributed by atoms with Gasteiger partial charge in [-0.2, -0.15) is 4.98 Å².